The predicted molar refractivity (Wildman–Crippen MR) is 174 cm³/mol. The van der Waals surface area contributed by atoms with Gasteiger partial charge in [-0.3, -0.25) is 4.79 Å². The number of allylic oxidation sites excluding steroid dienone is 2. The minimum Gasteiger partial charge on any atom is -0.491 e. The highest BCUT2D eigenvalue weighted by Gasteiger charge is 2.25. The minimum absolute atomic E-state index is 0.0681. The monoisotopic (exact) mass is 598 g/mol. The highest BCUT2D eigenvalue weighted by Crippen LogP contribution is 2.29. The van der Waals surface area contributed by atoms with Crippen LogP contribution in [-0.2, 0) is 11.2 Å². The molecule has 8 N–H and O–H groups in total. The van der Waals surface area contributed by atoms with Gasteiger partial charge in [-0.05, 0) is 54.5 Å². The van der Waals surface area contributed by atoms with Crippen molar-refractivity contribution in [2.24, 2.45) is 22.5 Å². The molecule has 0 spiro atoms. The Morgan fingerprint density at radius 1 is 1.09 bits per heavy atom. The van der Waals surface area contributed by atoms with Crippen molar-refractivity contribution in [2.75, 3.05) is 30.9 Å². The Bertz CT molecular complexity index is 1430. The maximum absolute atomic E-state index is 12.7. The van der Waals surface area contributed by atoms with Gasteiger partial charge in [0.15, 0.2) is 0 Å². The molecule has 1 aliphatic heterocycles. The molecule has 0 fully saturated rings. The molecule has 0 radical (unpaired) electrons. The van der Waals surface area contributed by atoms with Gasteiger partial charge in [0.25, 0.3) is 5.91 Å². The third-order valence-corrected chi connectivity index (χ3v) is 7.80. The number of anilines is 1. The van der Waals surface area contributed by atoms with Crippen LogP contribution in [0.3, 0.4) is 0 Å². The Labute approximate surface area is 256 Å². The SMILES string of the molecule is NN=C(N)C=CC1=C(OCCc2ccccc2)C=CC(CSc2ccccc2)N1CCCNC(=O)c1ccc(NN)nc1. The number of hydrogen-bond acceptors (Lipinski definition) is 9. The summed E-state index contributed by atoms with van der Waals surface area (Å²) < 4.78 is 6.32. The summed E-state index contributed by atoms with van der Waals surface area (Å²) in [6, 6.07) is 23.9. The number of carbonyl (C=O) groups is 1. The summed E-state index contributed by atoms with van der Waals surface area (Å²) in [5.41, 5.74) is 10.9. The third-order valence-electron chi connectivity index (χ3n) is 6.68. The largest absolute Gasteiger partial charge is 0.491 e. The Balaban J connectivity index is 1.49. The molecule has 1 unspecified atom stereocenters. The molecule has 2 aromatic carbocycles. The molecule has 4 rings (SSSR count). The lowest BCUT2D eigenvalue weighted by atomic mass is 10.1. The molecular weight excluding hydrogens is 560 g/mol. The predicted octanol–water partition coefficient (Wildman–Crippen LogP) is 3.78. The number of hydrogen-bond donors (Lipinski definition) is 5. The van der Waals surface area contributed by atoms with Crippen molar-refractivity contribution in [1.29, 1.82) is 0 Å². The quantitative estimate of drug-likeness (QED) is 0.0439. The molecule has 224 valence electrons. The van der Waals surface area contributed by atoms with E-state index in [9.17, 15) is 4.79 Å². The Morgan fingerprint density at radius 3 is 2.56 bits per heavy atom. The number of thioether (sulfide) groups is 1. The first-order chi connectivity index (χ1) is 21.1. The summed E-state index contributed by atoms with van der Waals surface area (Å²) in [6.45, 7) is 1.65. The molecule has 1 atom stereocenters. The van der Waals surface area contributed by atoms with Gasteiger partial charge in [-0.1, -0.05) is 54.6 Å². The second kappa shape index (κ2) is 16.6. The highest BCUT2D eigenvalue weighted by atomic mass is 32.2. The number of benzene rings is 2. The normalized spacial score (nSPS) is 15.1. The number of nitrogen functional groups attached to an aromatic ring is 1. The molecule has 3 aromatic rings. The van der Waals surface area contributed by atoms with E-state index in [0.717, 1.165) is 23.6 Å². The number of rotatable bonds is 15. The van der Waals surface area contributed by atoms with Crippen molar-refractivity contribution < 1.29 is 9.53 Å². The topological polar surface area (TPSA) is 157 Å². The summed E-state index contributed by atoms with van der Waals surface area (Å²) in [4.78, 5) is 20.3. The second-order valence-electron chi connectivity index (χ2n) is 9.65. The molecule has 0 aliphatic carbocycles. The van der Waals surface area contributed by atoms with Crippen LogP contribution in [0.2, 0.25) is 0 Å². The molecule has 0 bridgehead atoms. The van der Waals surface area contributed by atoms with Gasteiger partial charge in [0, 0.05) is 36.4 Å². The molecule has 11 heteroatoms. The number of ether oxygens (including phenoxy) is 1. The van der Waals surface area contributed by atoms with Crippen molar-refractivity contribution in [3.05, 3.63) is 126 Å². The molecule has 2 heterocycles. The van der Waals surface area contributed by atoms with E-state index >= 15 is 0 Å². The van der Waals surface area contributed by atoms with Crippen molar-refractivity contribution in [1.82, 2.24) is 15.2 Å². The fraction of sp³-hybridized carbons (Fsp3) is 0.219. The van der Waals surface area contributed by atoms with Crippen LogP contribution in [0.5, 0.6) is 0 Å². The standard InChI is InChI=1S/C32H38N8O2S/c33-30(38-34)16-14-28-29(42-21-18-24-8-3-1-4-9-24)15-13-26(23-43-27-10-5-2-6-11-27)40(28)20-7-19-36-32(41)25-12-17-31(39-35)37-22-25/h1-6,8-17,22,26H,7,18-21,23,34-35H2,(H2,33,38)(H,36,41)(H,37,39). The molecule has 10 nitrogen and oxygen atoms in total. The van der Waals surface area contributed by atoms with Crippen LogP contribution < -0.4 is 28.2 Å². The summed E-state index contributed by atoms with van der Waals surface area (Å²) >= 11 is 1.78. The van der Waals surface area contributed by atoms with Crippen LogP contribution in [0, 0.1) is 0 Å². The minimum atomic E-state index is -0.196. The zero-order chi connectivity index (χ0) is 30.3. The smallest absolute Gasteiger partial charge is 0.252 e. The van der Waals surface area contributed by atoms with Gasteiger partial charge >= 0.3 is 0 Å². The van der Waals surface area contributed by atoms with Gasteiger partial charge in [0.05, 0.1) is 23.9 Å². The number of nitrogens with two attached hydrogens (primary N) is 3. The zero-order valence-corrected chi connectivity index (χ0v) is 24.7. The third kappa shape index (κ3) is 9.66. The van der Waals surface area contributed by atoms with Crippen LogP contribution in [0.25, 0.3) is 0 Å². The van der Waals surface area contributed by atoms with Gasteiger partial charge in [0.2, 0.25) is 0 Å². The molecule has 0 saturated heterocycles. The van der Waals surface area contributed by atoms with Crippen molar-refractivity contribution >= 4 is 29.3 Å². The number of amidine groups is 1. The maximum atomic E-state index is 12.7. The molecule has 43 heavy (non-hydrogen) atoms. The van der Waals surface area contributed by atoms with Gasteiger partial charge in [0.1, 0.15) is 17.4 Å². The van der Waals surface area contributed by atoms with E-state index in [4.69, 9.17) is 22.2 Å². The summed E-state index contributed by atoms with van der Waals surface area (Å²) in [7, 11) is 0. The molecular formula is C32H38N8O2S. The van der Waals surface area contributed by atoms with Gasteiger partial charge in [-0.2, -0.15) is 5.10 Å². The first-order valence-corrected chi connectivity index (χ1v) is 15.0. The Kier molecular flexibility index (Phi) is 12.1. The van der Waals surface area contributed by atoms with Crippen molar-refractivity contribution in [3.8, 4) is 0 Å². The lowest BCUT2D eigenvalue weighted by Crippen LogP contribution is -2.39. The number of nitrogens with one attached hydrogen (secondary N) is 2. The number of nitrogens with zero attached hydrogens (tertiary/aromatic N) is 3. The first-order valence-electron chi connectivity index (χ1n) is 14.0. The number of aromatic nitrogens is 1. The van der Waals surface area contributed by atoms with E-state index in [2.05, 4.69) is 56.1 Å². The van der Waals surface area contributed by atoms with E-state index in [1.54, 1.807) is 30.0 Å². The molecule has 1 amide bonds. The van der Waals surface area contributed by atoms with Crippen LogP contribution in [-0.4, -0.2) is 53.1 Å². The van der Waals surface area contributed by atoms with Crippen LogP contribution in [0.4, 0.5) is 5.82 Å². The summed E-state index contributed by atoms with van der Waals surface area (Å²) in [6.07, 6.45) is 10.7. The van der Waals surface area contributed by atoms with Crippen LogP contribution >= 0.6 is 11.8 Å². The van der Waals surface area contributed by atoms with E-state index in [1.165, 1.54) is 16.7 Å². The van der Waals surface area contributed by atoms with Crippen molar-refractivity contribution in [3.63, 3.8) is 0 Å². The first kappa shape index (κ1) is 31.2. The lowest BCUT2D eigenvalue weighted by molar-refractivity contribution is 0.0951. The summed E-state index contributed by atoms with van der Waals surface area (Å²) in [5, 5.41) is 6.58. The Hall–Kier alpha value is -4.74. The van der Waals surface area contributed by atoms with Gasteiger partial charge < -0.3 is 32.0 Å². The summed E-state index contributed by atoms with van der Waals surface area (Å²) in [5.74, 6) is 12.8. The van der Waals surface area contributed by atoms with E-state index < -0.39 is 0 Å². The fourth-order valence-corrected chi connectivity index (χ4v) is 5.44. The van der Waals surface area contributed by atoms with Crippen LogP contribution in [0.1, 0.15) is 22.3 Å². The second-order valence-corrected chi connectivity index (χ2v) is 10.7. The van der Waals surface area contributed by atoms with Crippen LogP contribution in [0.15, 0.2) is 125 Å². The van der Waals surface area contributed by atoms with Gasteiger partial charge in [-0.15, -0.1) is 11.8 Å². The maximum Gasteiger partial charge on any atom is 0.252 e. The average Bonchev–Trinajstić information content (AvgIpc) is 3.06. The number of hydrazine groups is 1. The molecule has 1 aromatic heterocycles. The molecule has 1 aliphatic rings. The van der Waals surface area contributed by atoms with Crippen molar-refractivity contribution in [2.45, 2.75) is 23.8 Å². The number of amides is 1. The Morgan fingerprint density at radius 2 is 1.86 bits per heavy atom. The lowest BCUT2D eigenvalue weighted by Gasteiger charge is -2.36. The number of hydrazone groups is 1. The fourth-order valence-electron chi connectivity index (χ4n) is 4.44. The average molecular weight is 599 g/mol. The highest BCUT2D eigenvalue weighted by molar-refractivity contribution is 7.99. The van der Waals surface area contributed by atoms with Gasteiger partial charge in [-0.25, -0.2) is 10.8 Å². The van der Waals surface area contributed by atoms with E-state index in [-0.39, 0.29) is 17.8 Å². The number of carbonyl (C=O) groups excluding carboxylic acids is 1. The van der Waals surface area contributed by atoms with E-state index in [1.807, 2.05) is 48.6 Å². The number of pyridine rings is 1. The molecule has 0 saturated carbocycles. The zero-order valence-electron chi connectivity index (χ0n) is 23.9. The van der Waals surface area contributed by atoms with E-state index in [0.29, 0.717) is 37.5 Å².